The number of benzene rings is 6. The molecule has 4 saturated carbocycles. The summed E-state index contributed by atoms with van der Waals surface area (Å²) < 4.78 is 0. The van der Waals surface area contributed by atoms with Gasteiger partial charge in [0.25, 0.3) is 0 Å². The third kappa shape index (κ3) is 4.97. The van der Waals surface area contributed by atoms with E-state index in [-0.39, 0.29) is 16.2 Å². The molecule has 6 aliphatic rings. The maximum Gasteiger partial charge on any atom is 0.0468 e. The third-order valence-corrected chi connectivity index (χ3v) is 15.3. The topological polar surface area (TPSA) is 3.24 Å². The van der Waals surface area contributed by atoms with Crippen molar-refractivity contribution in [2.24, 2.45) is 23.7 Å². The lowest BCUT2D eigenvalue weighted by Crippen LogP contribution is -2.55. The summed E-state index contributed by atoms with van der Waals surface area (Å²) in [5, 5.41) is 0. The molecule has 0 N–H and O–H groups in total. The summed E-state index contributed by atoms with van der Waals surface area (Å²) in [6.45, 7) is 9.76. The fourth-order valence-corrected chi connectivity index (χ4v) is 12.8. The number of hydrogen-bond acceptors (Lipinski definition) is 1. The van der Waals surface area contributed by atoms with Gasteiger partial charge in [-0.15, -0.1) is 0 Å². The molecule has 0 unspecified atom stereocenters. The minimum atomic E-state index is 0.0899. The SMILES string of the molecule is CC1(C)CCC(C)(C)c2cc(N(c3ccc(-c4ccccc4)cc3)c3ccc4c(c3)-c3cccc(-c5ccccc5)c3C43C4CC5CC(C4)CC3C5)ccc21. The Bertz CT molecular complexity index is 2400. The van der Waals surface area contributed by atoms with E-state index in [1.807, 2.05) is 0 Å². The van der Waals surface area contributed by atoms with Crippen LogP contribution in [-0.4, -0.2) is 0 Å². The van der Waals surface area contributed by atoms with E-state index >= 15 is 0 Å². The lowest BCUT2D eigenvalue weighted by atomic mass is 9.42. The van der Waals surface area contributed by atoms with Gasteiger partial charge in [-0.3, -0.25) is 0 Å². The highest BCUT2D eigenvalue weighted by Crippen LogP contribution is 2.70. The van der Waals surface area contributed by atoms with Crippen LogP contribution in [0.4, 0.5) is 17.1 Å². The van der Waals surface area contributed by atoms with Gasteiger partial charge in [-0.1, -0.05) is 131 Å². The van der Waals surface area contributed by atoms with Crippen LogP contribution in [0.1, 0.15) is 94.9 Å². The monoisotopic (exact) mass is 715 g/mol. The molecular weight excluding hydrogens is 663 g/mol. The van der Waals surface area contributed by atoms with E-state index in [0.29, 0.717) is 11.8 Å². The Kier molecular flexibility index (Phi) is 7.34. The van der Waals surface area contributed by atoms with Gasteiger partial charge in [0, 0.05) is 22.5 Å². The largest absolute Gasteiger partial charge is 0.310 e. The second kappa shape index (κ2) is 12.1. The Morgan fingerprint density at radius 1 is 0.418 bits per heavy atom. The predicted octanol–water partition coefficient (Wildman–Crippen LogP) is 14.6. The molecule has 0 atom stereocenters. The number of nitrogens with zero attached hydrogens (tertiary/aromatic N) is 1. The van der Waals surface area contributed by atoms with Crippen molar-refractivity contribution in [1.29, 1.82) is 0 Å². The van der Waals surface area contributed by atoms with E-state index in [1.54, 1.807) is 11.1 Å². The predicted molar refractivity (Wildman–Crippen MR) is 231 cm³/mol. The Balaban J connectivity index is 1.12. The summed E-state index contributed by atoms with van der Waals surface area (Å²) in [5.74, 6) is 3.26. The van der Waals surface area contributed by atoms with Gasteiger partial charge in [0.1, 0.15) is 0 Å². The van der Waals surface area contributed by atoms with Gasteiger partial charge in [0.05, 0.1) is 0 Å². The summed E-state index contributed by atoms with van der Waals surface area (Å²) in [4.78, 5) is 2.55. The van der Waals surface area contributed by atoms with Crippen molar-refractivity contribution in [3.8, 4) is 33.4 Å². The number of fused-ring (bicyclic) bond motifs is 4. The van der Waals surface area contributed by atoms with Gasteiger partial charge < -0.3 is 4.90 Å². The fraction of sp³-hybridized carbons (Fsp3) is 0.333. The molecule has 1 heteroatoms. The lowest BCUT2D eigenvalue weighted by molar-refractivity contribution is -0.0397. The second-order valence-electron chi connectivity index (χ2n) is 19.2. The number of rotatable bonds is 5. The highest BCUT2D eigenvalue weighted by atomic mass is 15.1. The summed E-state index contributed by atoms with van der Waals surface area (Å²) >= 11 is 0. The highest BCUT2D eigenvalue weighted by molar-refractivity contribution is 5.92. The zero-order chi connectivity index (χ0) is 37.1. The zero-order valence-corrected chi connectivity index (χ0v) is 33.0. The molecule has 0 saturated heterocycles. The van der Waals surface area contributed by atoms with Crippen LogP contribution in [0.3, 0.4) is 0 Å². The molecule has 4 bridgehead atoms. The van der Waals surface area contributed by atoms with Gasteiger partial charge in [-0.25, -0.2) is 0 Å². The van der Waals surface area contributed by atoms with Crippen molar-refractivity contribution >= 4 is 17.1 Å². The molecule has 1 spiro atoms. The van der Waals surface area contributed by atoms with Crippen LogP contribution < -0.4 is 4.90 Å². The van der Waals surface area contributed by atoms with E-state index in [1.165, 1.54) is 107 Å². The van der Waals surface area contributed by atoms with Crippen LogP contribution in [0.25, 0.3) is 33.4 Å². The van der Waals surface area contributed by atoms with Crippen molar-refractivity contribution in [3.63, 3.8) is 0 Å². The molecule has 0 radical (unpaired) electrons. The quantitative estimate of drug-likeness (QED) is 0.172. The second-order valence-corrected chi connectivity index (χ2v) is 19.2. The third-order valence-electron chi connectivity index (χ3n) is 15.3. The molecule has 274 valence electrons. The Morgan fingerprint density at radius 3 is 1.60 bits per heavy atom. The van der Waals surface area contributed by atoms with Crippen LogP contribution >= 0.6 is 0 Å². The smallest absolute Gasteiger partial charge is 0.0468 e. The Morgan fingerprint density at radius 2 is 0.945 bits per heavy atom. The van der Waals surface area contributed by atoms with E-state index in [0.717, 1.165) is 11.8 Å². The average molecular weight is 716 g/mol. The summed E-state index contributed by atoms with van der Waals surface area (Å²) in [5.41, 5.74) is 18.6. The van der Waals surface area contributed by atoms with Crippen molar-refractivity contribution in [1.82, 2.24) is 0 Å². The molecule has 0 heterocycles. The molecule has 6 aliphatic carbocycles. The average Bonchev–Trinajstić information content (AvgIpc) is 3.50. The minimum absolute atomic E-state index is 0.0899. The maximum atomic E-state index is 2.60. The lowest BCUT2D eigenvalue weighted by Gasteiger charge is -2.61. The van der Waals surface area contributed by atoms with Crippen LogP contribution in [0, 0.1) is 23.7 Å². The molecular formula is C54H53N. The molecule has 0 amide bonds. The van der Waals surface area contributed by atoms with E-state index < -0.39 is 0 Å². The van der Waals surface area contributed by atoms with Gasteiger partial charge in [-0.2, -0.15) is 0 Å². The Hall–Kier alpha value is -4.88. The van der Waals surface area contributed by atoms with Gasteiger partial charge in [-0.05, 0) is 171 Å². The van der Waals surface area contributed by atoms with Crippen LogP contribution in [0.2, 0.25) is 0 Å². The molecule has 0 aliphatic heterocycles. The van der Waals surface area contributed by atoms with Crippen molar-refractivity contribution < 1.29 is 0 Å². The first-order chi connectivity index (χ1) is 26.7. The number of hydrogen-bond donors (Lipinski definition) is 0. The van der Waals surface area contributed by atoms with Crippen LogP contribution in [0.15, 0.2) is 140 Å². The molecule has 1 nitrogen and oxygen atoms in total. The molecule has 6 aromatic rings. The summed E-state index contributed by atoms with van der Waals surface area (Å²) in [6, 6.07) is 53.7. The molecule has 55 heavy (non-hydrogen) atoms. The first-order valence-corrected chi connectivity index (χ1v) is 21.2. The highest BCUT2D eigenvalue weighted by Gasteiger charge is 2.62. The number of anilines is 3. The van der Waals surface area contributed by atoms with Gasteiger partial charge in [0.15, 0.2) is 0 Å². The minimum Gasteiger partial charge on any atom is -0.310 e. The normalized spacial score (nSPS) is 26.0. The van der Waals surface area contributed by atoms with Gasteiger partial charge in [0.2, 0.25) is 0 Å². The summed E-state index contributed by atoms with van der Waals surface area (Å²) in [6.07, 6.45) is 9.44. The molecule has 4 fully saturated rings. The van der Waals surface area contributed by atoms with E-state index in [4.69, 9.17) is 0 Å². The Labute approximate surface area is 328 Å². The summed E-state index contributed by atoms with van der Waals surface area (Å²) in [7, 11) is 0. The molecule has 6 aromatic carbocycles. The standard InChI is InChI=1S/C54H53N/c1-52(2)26-27-53(3,4)50-34-44(23-25-49(50)52)55(42-20-18-38(19-21-42)37-12-7-5-8-13-37)43-22-24-48-47(33-43)46-17-11-16-45(39-14-9-6-10-15-39)51(46)54(48)40-29-35-28-36(31-40)32-41(54)30-35/h5-25,33-36,40-41H,26-32H2,1-4H3. The van der Waals surface area contributed by atoms with Crippen LogP contribution in [0.5, 0.6) is 0 Å². The van der Waals surface area contributed by atoms with Crippen molar-refractivity contribution in [2.75, 3.05) is 4.90 Å². The van der Waals surface area contributed by atoms with E-state index in [2.05, 4.69) is 172 Å². The maximum absolute atomic E-state index is 2.60. The molecule has 0 aromatic heterocycles. The van der Waals surface area contributed by atoms with Crippen LogP contribution in [-0.2, 0) is 16.2 Å². The zero-order valence-electron chi connectivity index (χ0n) is 33.0. The molecule has 12 rings (SSSR count). The van der Waals surface area contributed by atoms with Crippen molar-refractivity contribution in [3.05, 3.63) is 162 Å². The van der Waals surface area contributed by atoms with Crippen molar-refractivity contribution in [2.45, 2.75) is 88.9 Å². The first-order valence-electron chi connectivity index (χ1n) is 21.2. The fourth-order valence-electron chi connectivity index (χ4n) is 12.8. The van der Waals surface area contributed by atoms with Gasteiger partial charge >= 0.3 is 0 Å². The first kappa shape index (κ1) is 33.5. The van der Waals surface area contributed by atoms with E-state index in [9.17, 15) is 0 Å².